The molecular weight excluding hydrogens is 429 g/mol. The van der Waals surface area contributed by atoms with Crippen molar-refractivity contribution in [2.45, 2.75) is 7.43 Å². The van der Waals surface area contributed by atoms with E-state index < -0.39 is 23.5 Å². The number of Topliss-reactive ketones (excluding diaryl/α,β-unsaturated/α-hetero) is 1. The van der Waals surface area contributed by atoms with E-state index >= 15 is 0 Å². The number of halogens is 1. The third-order valence-electron chi connectivity index (χ3n) is 5.50. The highest BCUT2D eigenvalue weighted by molar-refractivity contribution is 6.45. The Balaban J connectivity index is 0.00000306. The molecule has 2 heterocycles. The smallest absolute Gasteiger partial charge is 0.339 e. The molecule has 1 saturated heterocycles. The van der Waals surface area contributed by atoms with Gasteiger partial charge in [0, 0.05) is 43.3 Å². The standard InChI is InChI=1S/C23H20FN3O5.CH4/c1-32-23(31)15-7-8-17(24)18-16(13-25-19(15)18)20(28)22(30)27-11-9-26(10-12-27)21(29)14-5-3-2-4-6-14;/h2-8,13,25H,9-12H2,1H3;1H4. The molecule has 2 aromatic carbocycles. The number of methoxy groups -OCH3 is 1. The van der Waals surface area contributed by atoms with Gasteiger partial charge in [0.05, 0.1) is 23.8 Å². The molecule has 0 radical (unpaired) electrons. The van der Waals surface area contributed by atoms with Crippen molar-refractivity contribution in [3.05, 3.63) is 71.2 Å². The van der Waals surface area contributed by atoms with Gasteiger partial charge in [-0.2, -0.15) is 0 Å². The maximum atomic E-state index is 14.5. The molecule has 8 nitrogen and oxygen atoms in total. The first-order valence-corrected chi connectivity index (χ1v) is 9.98. The van der Waals surface area contributed by atoms with E-state index in [9.17, 15) is 23.6 Å². The molecule has 0 saturated carbocycles. The van der Waals surface area contributed by atoms with Crippen LogP contribution in [0.2, 0.25) is 0 Å². The van der Waals surface area contributed by atoms with E-state index in [-0.39, 0.29) is 61.5 Å². The second-order valence-electron chi connectivity index (χ2n) is 7.32. The normalized spacial score (nSPS) is 13.4. The Bertz CT molecular complexity index is 1210. The van der Waals surface area contributed by atoms with Gasteiger partial charge in [-0.05, 0) is 24.3 Å². The van der Waals surface area contributed by atoms with Gasteiger partial charge in [0.15, 0.2) is 0 Å². The Morgan fingerprint density at radius 1 is 0.909 bits per heavy atom. The van der Waals surface area contributed by atoms with E-state index in [0.717, 1.165) is 6.07 Å². The number of benzene rings is 2. The molecule has 2 amide bonds. The van der Waals surface area contributed by atoms with Crippen LogP contribution in [0.4, 0.5) is 4.39 Å². The molecule has 0 unspecified atom stereocenters. The fourth-order valence-corrected chi connectivity index (χ4v) is 3.80. The molecule has 0 atom stereocenters. The number of piperazine rings is 1. The van der Waals surface area contributed by atoms with Crippen LogP contribution in [0.5, 0.6) is 0 Å². The highest BCUT2D eigenvalue weighted by atomic mass is 19.1. The van der Waals surface area contributed by atoms with Gasteiger partial charge in [0.2, 0.25) is 0 Å². The predicted octanol–water partition coefficient (Wildman–Crippen LogP) is 2.90. The zero-order valence-electron chi connectivity index (χ0n) is 17.3. The third-order valence-corrected chi connectivity index (χ3v) is 5.50. The van der Waals surface area contributed by atoms with E-state index in [1.165, 1.54) is 24.3 Å². The molecule has 4 rings (SSSR count). The molecular formula is C24H24FN3O5. The molecule has 172 valence electrons. The van der Waals surface area contributed by atoms with Gasteiger partial charge >= 0.3 is 5.97 Å². The second-order valence-corrected chi connectivity index (χ2v) is 7.32. The highest BCUT2D eigenvalue weighted by Gasteiger charge is 2.31. The fourth-order valence-electron chi connectivity index (χ4n) is 3.80. The molecule has 1 aliphatic heterocycles. The summed E-state index contributed by atoms with van der Waals surface area (Å²) >= 11 is 0. The highest BCUT2D eigenvalue weighted by Crippen LogP contribution is 2.26. The minimum Gasteiger partial charge on any atom is -0.465 e. The number of aromatic amines is 1. The number of ketones is 1. The topological polar surface area (TPSA) is 99.8 Å². The van der Waals surface area contributed by atoms with Crippen LogP contribution >= 0.6 is 0 Å². The maximum Gasteiger partial charge on any atom is 0.339 e. The van der Waals surface area contributed by atoms with Gasteiger partial charge in [-0.25, -0.2) is 9.18 Å². The number of aromatic nitrogens is 1. The van der Waals surface area contributed by atoms with Crippen molar-refractivity contribution >= 4 is 34.5 Å². The summed E-state index contributed by atoms with van der Waals surface area (Å²) < 4.78 is 19.2. The zero-order chi connectivity index (χ0) is 22.8. The van der Waals surface area contributed by atoms with Crippen LogP contribution in [0.15, 0.2) is 48.7 Å². The second kappa shape index (κ2) is 9.64. The summed E-state index contributed by atoms with van der Waals surface area (Å²) in [6.07, 6.45) is 1.22. The largest absolute Gasteiger partial charge is 0.465 e. The summed E-state index contributed by atoms with van der Waals surface area (Å²) in [4.78, 5) is 55.9. The number of carbonyl (C=O) groups excluding carboxylic acids is 4. The lowest BCUT2D eigenvalue weighted by Gasteiger charge is -2.34. The summed E-state index contributed by atoms with van der Waals surface area (Å²) in [6, 6.07) is 11.1. The number of esters is 1. The first kappa shape index (κ1) is 23.6. The summed E-state index contributed by atoms with van der Waals surface area (Å²) in [5, 5.41) is -0.135. The first-order chi connectivity index (χ1) is 15.4. The number of H-pyrrole nitrogens is 1. The quantitative estimate of drug-likeness (QED) is 0.372. The molecule has 1 aliphatic rings. The van der Waals surface area contributed by atoms with E-state index in [1.54, 1.807) is 29.2 Å². The number of nitrogens with one attached hydrogen (secondary N) is 1. The lowest BCUT2D eigenvalue weighted by atomic mass is 10.0. The van der Waals surface area contributed by atoms with Crippen molar-refractivity contribution < 1.29 is 28.3 Å². The van der Waals surface area contributed by atoms with Crippen LogP contribution < -0.4 is 0 Å². The van der Waals surface area contributed by atoms with Crippen molar-refractivity contribution in [1.29, 1.82) is 0 Å². The van der Waals surface area contributed by atoms with E-state index in [2.05, 4.69) is 9.72 Å². The molecule has 3 aromatic rings. The maximum absolute atomic E-state index is 14.5. The Hall–Kier alpha value is -4.01. The van der Waals surface area contributed by atoms with Gasteiger partial charge in [-0.1, -0.05) is 25.6 Å². The summed E-state index contributed by atoms with van der Waals surface area (Å²) in [7, 11) is 1.19. The van der Waals surface area contributed by atoms with Crippen LogP contribution in [0.25, 0.3) is 10.9 Å². The van der Waals surface area contributed by atoms with Gasteiger partial charge in [0.25, 0.3) is 17.6 Å². The Morgan fingerprint density at radius 2 is 1.55 bits per heavy atom. The molecule has 1 N–H and O–H groups in total. The first-order valence-electron chi connectivity index (χ1n) is 9.98. The van der Waals surface area contributed by atoms with Crippen molar-refractivity contribution in [1.82, 2.24) is 14.8 Å². The van der Waals surface area contributed by atoms with Crippen LogP contribution in [-0.4, -0.2) is 71.6 Å². The third kappa shape index (κ3) is 4.34. The average Bonchev–Trinajstić information content (AvgIpc) is 3.29. The van der Waals surface area contributed by atoms with Crippen molar-refractivity contribution in [3.8, 4) is 0 Å². The van der Waals surface area contributed by atoms with Gasteiger partial charge in [-0.15, -0.1) is 0 Å². The molecule has 9 heteroatoms. The molecule has 0 bridgehead atoms. The molecule has 1 aromatic heterocycles. The Morgan fingerprint density at radius 3 is 2.18 bits per heavy atom. The number of nitrogens with zero attached hydrogens (tertiary/aromatic N) is 2. The minimum absolute atomic E-state index is 0. The lowest BCUT2D eigenvalue weighted by molar-refractivity contribution is -0.127. The van der Waals surface area contributed by atoms with Gasteiger partial charge in [0.1, 0.15) is 5.82 Å². The number of hydrogen-bond acceptors (Lipinski definition) is 5. The summed E-state index contributed by atoms with van der Waals surface area (Å²) in [6.45, 7) is 0.922. The van der Waals surface area contributed by atoms with Crippen molar-refractivity contribution in [2.24, 2.45) is 0 Å². The molecule has 0 aliphatic carbocycles. The number of amides is 2. The van der Waals surface area contributed by atoms with Crippen LogP contribution in [0.3, 0.4) is 0 Å². The van der Waals surface area contributed by atoms with Crippen LogP contribution in [-0.2, 0) is 9.53 Å². The van der Waals surface area contributed by atoms with Crippen LogP contribution in [0, 0.1) is 5.82 Å². The minimum atomic E-state index is -0.889. The number of rotatable bonds is 4. The zero-order valence-corrected chi connectivity index (χ0v) is 17.3. The lowest BCUT2D eigenvalue weighted by Crippen LogP contribution is -2.52. The summed E-state index contributed by atoms with van der Waals surface area (Å²) in [5.41, 5.74) is 0.546. The van der Waals surface area contributed by atoms with Gasteiger partial charge in [-0.3, -0.25) is 14.4 Å². The number of hydrogen-bond donors (Lipinski definition) is 1. The Labute approximate surface area is 189 Å². The predicted molar refractivity (Wildman–Crippen MR) is 120 cm³/mol. The molecule has 33 heavy (non-hydrogen) atoms. The Kier molecular flexibility index (Phi) is 6.91. The van der Waals surface area contributed by atoms with E-state index in [4.69, 9.17) is 0 Å². The average molecular weight is 453 g/mol. The summed E-state index contributed by atoms with van der Waals surface area (Å²) in [5.74, 6) is -3.25. The van der Waals surface area contributed by atoms with Gasteiger partial charge < -0.3 is 19.5 Å². The van der Waals surface area contributed by atoms with E-state index in [0.29, 0.717) is 5.56 Å². The fraction of sp³-hybridized carbons (Fsp3) is 0.250. The van der Waals surface area contributed by atoms with Crippen molar-refractivity contribution in [3.63, 3.8) is 0 Å². The molecule has 0 spiro atoms. The number of ether oxygens (including phenoxy) is 1. The monoisotopic (exact) mass is 453 g/mol. The SMILES string of the molecule is C.COC(=O)c1ccc(F)c2c(C(=O)C(=O)N3CCN(C(=O)c4ccccc4)CC3)c[nH]c12. The van der Waals surface area contributed by atoms with Crippen molar-refractivity contribution in [2.75, 3.05) is 33.3 Å². The van der Waals surface area contributed by atoms with Crippen LogP contribution in [0.1, 0.15) is 38.5 Å². The number of carbonyl (C=O) groups is 4. The molecule has 1 fully saturated rings. The van der Waals surface area contributed by atoms with E-state index in [1.807, 2.05) is 6.07 Å². The number of fused-ring (bicyclic) bond motifs is 1.